The number of methoxy groups -OCH3 is 1. The van der Waals surface area contributed by atoms with Gasteiger partial charge in [0.2, 0.25) is 0 Å². The maximum absolute atomic E-state index is 13.0. The quantitative estimate of drug-likeness (QED) is 0.566. The van der Waals surface area contributed by atoms with Crippen molar-refractivity contribution in [1.29, 1.82) is 0 Å². The molecule has 0 fully saturated rings. The molecule has 0 saturated heterocycles. The fraction of sp³-hybridized carbons (Fsp3) is 0.125. The summed E-state index contributed by atoms with van der Waals surface area (Å²) in [6.07, 6.45) is 0. The monoisotopic (exact) mass is 250 g/mol. The van der Waals surface area contributed by atoms with Crippen LogP contribution in [0.4, 0.5) is 8.78 Å². The lowest BCUT2D eigenvalue weighted by Gasteiger charge is -2.03. The Kier molecular flexibility index (Phi) is 2.98. The highest BCUT2D eigenvalue weighted by Crippen LogP contribution is 2.22. The van der Waals surface area contributed by atoms with Crippen LogP contribution in [0.25, 0.3) is 0 Å². The average molecular weight is 251 g/mol. The zero-order valence-electron chi connectivity index (χ0n) is 6.61. The smallest absolute Gasteiger partial charge is 0.342 e. The lowest BCUT2D eigenvalue weighted by Crippen LogP contribution is -2.07. The topological polar surface area (TPSA) is 26.3 Å². The summed E-state index contributed by atoms with van der Waals surface area (Å²) in [6, 6.07) is 2.16. The van der Waals surface area contributed by atoms with E-state index in [1.54, 1.807) is 0 Å². The van der Waals surface area contributed by atoms with Crippen molar-refractivity contribution >= 4 is 21.9 Å². The Balaban J connectivity index is 3.33. The number of halogens is 3. The van der Waals surface area contributed by atoms with Crippen molar-refractivity contribution < 1.29 is 18.3 Å². The van der Waals surface area contributed by atoms with Crippen LogP contribution in [-0.4, -0.2) is 13.1 Å². The van der Waals surface area contributed by atoms with Gasteiger partial charge in [0.25, 0.3) is 0 Å². The third-order valence-corrected chi connectivity index (χ3v) is 2.09. The number of ether oxygens (including phenoxy) is 1. The molecule has 2 nitrogen and oxygen atoms in total. The Bertz CT molecular complexity index is 352. The first kappa shape index (κ1) is 10.1. The molecular formula is C8H5BrF2O2. The van der Waals surface area contributed by atoms with Crippen molar-refractivity contribution in [2.45, 2.75) is 0 Å². The van der Waals surface area contributed by atoms with Gasteiger partial charge in [-0.2, -0.15) is 0 Å². The molecule has 0 bridgehead atoms. The van der Waals surface area contributed by atoms with Crippen molar-refractivity contribution in [2.75, 3.05) is 7.11 Å². The Morgan fingerprint density at radius 1 is 1.46 bits per heavy atom. The molecule has 0 aliphatic heterocycles. The number of hydrogen-bond donors (Lipinski definition) is 0. The molecule has 1 aromatic carbocycles. The second-order valence-electron chi connectivity index (χ2n) is 2.21. The minimum absolute atomic E-state index is 0.165. The lowest BCUT2D eigenvalue weighted by atomic mass is 10.2. The van der Waals surface area contributed by atoms with E-state index in [9.17, 15) is 13.6 Å². The van der Waals surface area contributed by atoms with Crippen LogP contribution in [0, 0.1) is 11.6 Å². The molecule has 1 rings (SSSR count). The van der Waals surface area contributed by atoms with Gasteiger partial charge in [0.1, 0.15) is 5.56 Å². The normalized spacial score (nSPS) is 9.85. The fourth-order valence-electron chi connectivity index (χ4n) is 0.816. The number of carbonyl (C=O) groups excluding carboxylic acids is 1. The van der Waals surface area contributed by atoms with Crippen LogP contribution in [-0.2, 0) is 4.74 Å². The zero-order valence-corrected chi connectivity index (χ0v) is 8.19. The minimum Gasteiger partial charge on any atom is -0.465 e. The van der Waals surface area contributed by atoms with Crippen LogP contribution in [0.1, 0.15) is 10.4 Å². The van der Waals surface area contributed by atoms with Crippen molar-refractivity contribution in [3.8, 4) is 0 Å². The third-order valence-electron chi connectivity index (χ3n) is 1.43. The van der Waals surface area contributed by atoms with E-state index in [4.69, 9.17) is 0 Å². The van der Waals surface area contributed by atoms with E-state index in [0.29, 0.717) is 0 Å². The molecule has 0 aliphatic rings. The van der Waals surface area contributed by atoms with Crippen molar-refractivity contribution in [2.24, 2.45) is 0 Å². The van der Waals surface area contributed by atoms with E-state index in [1.165, 1.54) is 6.07 Å². The summed E-state index contributed by atoms with van der Waals surface area (Å²) in [5.74, 6) is -3.20. The predicted octanol–water partition coefficient (Wildman–Crippen LogP) is 2.51. The Labute approximate surface area is 81.6 Å². The molecule has 0 saturated carbocycles. The summed E-state index contributed by atoms with van der Waals surface area (Å²) in [5, 5.41) is 0. The molecule has 5 heteroatoms. The minimum atomic E-state index is -1.21. The first-order valence-electron chi connectivity index (χ1n) is 3.29. The number of benzene rings is 1. The molecule has 0 spiro atoms. The van der Waals surface area contributed by atoms with Crippen LogP contribution in [0.5, 0.6) is 0 Å². The molecule has 0 atom stereocenters. The van der Waals surface area contributed by atoms with Crippen molar-refractivity contribution in [3.05, 3.63) is 33.8 Å². The first-order chi connectivity index (χ1) is 6.07. The van der Waals surface area contributed by atoms with Crippen LogP contribution in [0.15, 0.2) is 16.6 Å². The second-order valence-corrected chi connectivity index (χ2v) is 3.06. The van der Waals surface area contributed by atoms with Crippen LogP contribution >= 0.6 is 15.9 Å². The van der Waals surface area contributed by atoms with E-state index < -0.39 is 23.2 Å². The molecule has 13 heavy (non-hydrogen) atoms. The van der Waals surface area contributed by atoms with Gasteiger partial charge in [-0.25, -0.2) is 13.6 Å². The number of esters is 1. The highest BCUT2D eigenvalue weighted by atomic mass is 79.9. The van der Waals surface area contributed by atoms with Crippen LogP contribution in [0.3, 0.4) is 0 Å². The molecule has 1 aromatic rings. The van der Waals surface area contributed by atoms with Gasteiger partial charge in [0.05, 0.1) is 7.11 Å². The fourth-order valence-corrected chi connectivity index (χ4v) is 1.28. The van der Waals surface area contributed by atoms with Crippen LogP contribution in [0.2, 0.25) is 0 Å². The summed E-state index contributed by atoms with van der Waals surface area (Å²) in [6.45, 7) is 0. The van der Waals surface area contributed by atoms with Gasteiger partial charge >= 0.3 is 5.97 Å². The highest BCUT2D eigenvalue weighted by molar-refractivity contribution is 9.10. The number of carbonyl (C=O) groups is 1. The highest BCUT2D eigenvalue weighted by Gasteiger charge is 2.19. The number of rotatable bonds is 1. The average Bonchev–Trinajstić information content (AvgIpc) is 2.12. The summed E-state index contributed by atoms with van der Waals surface area (Å²) in [4.78, 5) is 10.9. The second kappa shape index (κ2) is 3.83. The van der Waals surface area contributed by atoms with Gasteiger partial charge in [-0.05, 0) is 28.1 Å². The summed E-state index contributed by atoms with van der Waals surface area (Å²) >= 11 is 2.92. The van der Waals surface area contributed by atoms with E-state index >= 15 is 0 Å². The summed E-state index contributed by atoms with van der Waals surface area (Å²) in [5.41, 5.74) is -0.428. The Morgan fingerprint density at radius 2 is 2.08 bits per heavy atom. The molecular weight excluding hydrogens is 246 g/mol. The third kappa shape index (κ3) is 1.85. The molecule has 0 aromatic heterocycles. The first-order valence-corrected chi connectivity index (χ1v) is 4.09. The van der Waals surface area contributed by atoms with E-state index in [0.717, 1.165) is 13.2 Å². The largest absolute Gasteiger partial charge is 0.465 e. The van der Waals surface area contributed by atoms with E-state index in [2.05, 4.69) is 20.7 Å². The van der Waals surface area contributed by atoms with Gasteiger partial charge in [0.15, 0.2) is 11.6 Å². The summed E-state index contributed by atoms with van der Waals surface area (Å²) in [7, 11) is 1.10. The Morgan fingerprint density at radius 3 is 2.62 bits per heavy atom. The molecule has 0 N–H and O–H groups in total. The van der Waals surface area contributed by atoms with Gasteiger partial charge in [-0.15, -0.1) is 0 Å². The van der Waals surface area contributed by atoms with Gasteiger partial charge in [0, 0.05) is 4.47 Å². The van der Waals surface area contributed by atoms with Crippen LogP contribution < -0.4 is 0 Å². The maximum Gasteiger partial charge on any atom is 0.342 e. The molecule has 70 valence electrons. The summed E-state index contributed by atoms with van der Waals surface area (Å²) < 4.78 is 30.1. The molecule has 0 aliphatic carbocycles. The molecule has 0 radical (unpaired) electrons. The van der Waals surface area contributed by atoms with Gasteiger partial charge in [-0.1, -0.05) is 0 Å². The maximum atomic E-state index is 13.0. The lowest BCUT2D eigenvalue weighted by molar-refractivity contribution is 0.0593. The van der Waals surface area contributed by atoms with Gasteiger partial charge < -0.3 is 4.74 Å². The van der Waals surface area contributed by atoms with Crippen molar-refractivity contribution in [1.82, 2.24) is 0 Å². The predicted molar refractivity (Wildman–Crippen MR) is 45.4 cm³/mol. The standard InChI is InChI=1S/C8H5BrF2O2/c1-13-8(12)6-4(9)2-3-5(10)7(6)11/h2-3H,1H3. The molecule has 0 amide bonds. The zero-order chi connectivity index (χ0) is 10.0. The van der Waals surface area contributed by atoms with Gasteiger partial charge in [-0.3, -0.25) is 0 Å². The van der Waals surface area contributed by atoms with E-state index in [-0.39, 0.29) is 4.47 Å². The van der Waals surface area contributed by atoms with E-state index in [1.807, 2.05) is 0 Å². The van der Waals surface area contributed by atoms with Crippen molar-refractivity contribution in [3.63, 3.8) is 0 Å². The molecule has 0 unspecified atom stereocenters. The Hall–Kier alpha value is -0.970. The number of hydrogen-bond acceptors (Lipinski definition) is 2. The molecule has 0 heterocycles. The SMILES string of the molecule is COC(=O)c1c(Br)ccc(F)c1F.